The molecule has 0 aliphatic rings. The summed E-state index contributed by atoms with van der Waals surface area (Å²) in [6.45, 7) is 9.04. The third kappa shape index (κ3) is 6.01. The predicted molar refractivity (Wildman–Crippen MR) is 211 cm³/mol. The quantitative estimate of drug-likeness (QED) is 0.161. The first-order valence-corrected chi connectivity index (χ1v) is 17.9. The van der Waals surface area contributed by atoms with E-state index in [4.69, 9.17) is 9.97 Å². The summed E-state index contributed by atoms with van der Waals surface area (Å²) in [5.74, 6) is 0.879. The molecule has 9 aromatic rings. The van der Waals surface area contributed by atoms with E-state index in [1.165, 1.54) is 36.9 Å². The zero-order valence-corrected chi connectivity index (χ0v) is 32.0. The Kier molecular flexibility index (Phi) is 8.49. The molecule has 0 bridgehead atoms. The van der Waals surface area contributed by atoms with Gasteiger partial charge in [0.05, 0.1) is 0 Å². The normalized spacial score (nSPS) is 11.8. The van der Waals surface area contributed by atoms with E-state index < -0.39 is 0 Å². The fourth-order valence-electron chi connectivity index (χ4n) is 7.35. The molecule has 0 saturated carbocycles. The van der Waals surface area contributed by atoms with Crippen molar-refractivity contribution in [1.82, 2.24) is 14.5 Å². The Morgan fingerprint density at radius 3 is 2.29 bits per heavy atom. The standard InChI is InChI=1S/C46H35N3S.Pt/c1-29-24-39-35-12-9-11-34(33-19-20-37-36-10-5-6-13-42(36)49(43(37)26-33)44-14-7-8-22-48-44)38(35)27-40(45(39)50-29)41-25-32(21-23-47-41)31-17-15-30(16-18-31)28-46(2,3)4;/h5-25H,28H2,1-4H3;/q-2;+2. The SMILES string of the molecule is Cc1cc2c(s1)c(-c1cc(-c3ccc(CC(C)(C)C)cc3)ccn1)[c-]c1c(-c3[c-]c4c(cc3)c3ccccc3n4-c3ccccn3)cccc12.[Pt+2]. The van der Waals surface area contributed by atoms with Gasteiger partial charge in [0.2, 0.25) is 0 Å². The molecule has 5 heteroatoms. The Hall–Kier alpha value is -4.89. The van der Waals surface area contributed by atoms with Gasteiger partial charge in [-0.3, -0.25) is 4.98 Å². The van der Waals surface area contributed by atoms with Gasteiger partial charge < -0.3 is 4.57 Å². The molecule has 0 fully saturated rings. The van der Waals surface area contributed by atoms with Crippen LogP contribution in [0.25, 0.3) is 82.0 Å². The molecule has 0 spiro atoms. The van der Waals surface area contributed by atoms with Crippen molar-refractivity contribution < 1.29 is 21.1 Å². The van der Waals surface area contributed by atoms with Gasteiger partial charge in [-0.1, -0.05) is 121 Å². The maximum Gasteiger partial charge on any atom is 2.00 e. The first-order valence-electron chi connectivity index (χ1n) is 17.1. The van der Waals surface area contributed by atoms with Crippen molar-refractivity contribution >= 4 is 54.0 Å². The molecule has 0 saturated heterocycles. The predicted octanol–water partition coefficient (Wildman–Crippen LogP) is 12.4. The van der Waals surface area contributed by atoms with Crippen LogP contribution >= 0.6 is 11.3 Å². The van der Waals surface area contributed by atoms with Gasteiger partial charge in [-0.15, -0.1) is 40.8 Å². The second kappa shape index (κ2) is 13.0. The average Bonchev–Trinajstić information content (AvgIpc) is 3.68. The molecule has 4 heterocycles. The molecule has 0 atom stereocenters. The number of hydrogen-bond acceptors (Lipinski definition) is 3. The van der Waals surface area contributed by atoms with Crippen molar-refractivity contribution in [2.24, 2.45) is 5.41 Å². The van der Waals surface area contributed by atoms with Crippen LogP contribution in [0.3, 0.4) is 0 Å². The van der Waals surface area contributed by atoms with E-state index in [-0.39, 0.29) is 26.5 Å². The summed E-state index contributed by atoms with van der Waals surface area (Å²) in [6.07, 6.45) is 4.83. The van der Waals surface area contributed by atoms with E-state index in [2.05, 4.69) is 148 Å². The molecule has 0 aliphatic carbocycles. The van der Waals surface area contributed by atoms with Gasteiger partial charge in [-0.2, -0.15) is 11.3 Å². The first kappa shape index (κ1) is 33.3. The number of thiophene rings is 1. The third-order valence-electron chi connectivity index (χ3n) is 9.48. The number of fused-ring (bicyclic) bond motifs is 6. The number of pyridine rings is 2. The van der Waals surface area contributed by atoms with Crippen molar-refractivity contribution in [3.8, 4) is 39.3 Å². The molecule has 5 aromatic carbocycles. The Morgan fingerprint density at radius 1 is 0.686 bits per heavy atom. The number of nitrogens with zero attached hydrogens (tertiary/aromatic N) is 3. The summed E-state index contributed by atoms with van der Waals surface area (Å²) in [5, 5.41) is 5.84. The maximum absolute atomic E-state index is 4.94. The Morgan fingerprint density at radius 2 is 1.49 bits per heavy atom. The summed E-state index contributed by atoms with van der Waals surface area (Å²) in [7, 11) is 0. The Balaban J connectivity index is 0.00000374. The van der Waals surface area contributed by atoms with Gasteiger partial charge in [0, 0.05) is 23.6 Å². The van der Waals surface area contributed by atoms with Crippen molar-refractivity contribution in [3.63, 3.8) is 0 Å². The van der Waals surface area contributed by atoms with Gasteiger partial charge in [-0.25, -0.2) is 4.98 Å². The minimum Gasteiger partial charge on any atom is -0.313 e. The van der Waals surface area contributed by atoms with E-state index in [1.807, 2.05) is 35.9 Å². The van der Waals surface area contributed by atoms with E-state index in [0.29, 0.717) is 0 Å². The number of benzene rings is 5. The van der Waals surface area contributed by atoms with Crippen molar-refractivity contribution in [2.75, 3.05) is 0 Å². The minimum absolute atomic E-state index is 0. The third-order valence-corrected chi connectivity index (χ3v) is 10.5. The van der Waals surface area contributed by atoms with E-state index >= 15 is 0 Å². The number of rotatable bonds is 5. The van der Waals surface area contributed by atoms with Crippen LogP contribution in [0.4, 0.5) is 0 Å². The molecule has 9 rings (SSSR count). The molecule has 4 aromatic heterocycles. The van der Waals surface area contributed by atoms with Gasteiger partial charge >= 0.3 is 21.1 Å². The molecule has 0 N–H and O–H groups in total. The van der Waals surface area contributed by atoms with Crippen LogP contribution < -0.4 is 0 Å². The van der Waals surface area contributed by atoms with Gasteiger partial charge in [0.15, 0.2) is 0 Å². The van der Waals surface area contributed by atoms with Crippen molar-refractivity contribution in [2.45, 2.75) is 34.1 Å². The molecule has 0 radical (unpaired) electrons. The molecular weight excluding hydrogens is 822 g/mol. The summed E-state index contributed by atoms with van der Waals surface area (Å²) in [4.78, 5) is 10.9. The minimum atomic E-state index is 0. The van der Waals surface area contributed by atoms with E-state index in [0.717, 1.165) is 62.0 Å². The zero-order valence-electron chi connectivity index (χ0n) is 28.9. The van der Waals surface area contributed by atoms with Crippen LogP contribution in [0.1, 0.15) is 31.2 Å². The van der Waals surface area contributed by atoms with Crippen molar-refractivity contribution in [1.29, 1.82) is 0 Å². The number of hydrogen-bond donors (Lipinski definition) is 0. The zero-order chi connectivity index (χ0) is 34.0. The fourth-order valence-corrected chi connectivity index (χ4v) is 8.38. The summed E-state index contributed by atoms with van der Waals surface area (Å²) >= 11 is 1.81. The van der Waals surface area contributed by atoms with E-state index in [9.17, 15) is 0 Å². The fraction of sp³-hybridized carbons (Fsp3) is 0.130. The number of aryl methyl sites for hydroxylation is 1. The van der Waals surface area contributed by atoms with Crippen LogP contribution in [-0.2, 0) is 27.5 Å². The topological polar surface area (TPSA) is 30.7 Å². The maximum atomic E-state index is 4.94. The second-order valence-electron chi connectivity index (χ2n) is 14.4. The largest absolute Gasteiger partial charge is 2.00 e. The molecule has 0 aliphatic heterocycles. The van der Waals surface area contributed by atoms with E-state index in [1.54, 1.807) is 0 Å². The van der Waals surface area contributed by atoms with Gasteiger partial charge in [0.25, 0.3) is 0 Å². The summed E-state index contributed by atoms with van der Waals surface area (Å²) in [6, 6.07) is 49.0. The average molecular weight is 857 g/mol. The van der Waals surface area contributed by atoms with Crippen molar-refractivity contribution in [3.05, 3.63) is 150 Å². The second-order valence-corrected chi connectivity index (χ2v) is 15.6. The molecule has 51 heavy (non-hydrogen) atoms. The van der Waals surface area contributed by atoms with Crippen LogP contribution in [0.2, 0.25) is 0 Å². The molecule has 0 unspecified atom stereocenters. The first-order chi connectivity index (χ1) is 24.3. The number of aromatic nitrogens is 3. The Labute approximate surface area is 316 Å². The molecule has 250 valence electrons. The monoisotopic (exact) mass is 856 g/mol. The molecular formula is C46H35N3PtS. The molecule has 3 nitrogen and oxygen atoms in total. The van der Waals surface area contributed by atoms with Crippen LogP contribution in [-0.4, -0.2) is 14.5 Å². The number of para-hydroxylation sites is 1. The van der Waals surface area contributed by atoms with Gasteiger partial charge in [0.1, 0.15) is 5.82 Å². The van der Waals surface area contributed by atoms with Gasteiger partial charge in [-0.05, 0) is 80.2 Å². The van der Waals surface area contributed by atoms with Crippen LogP contribution in [0, 0.1) is 24.5 Å². The Bertz CT molecular complexity index is 2720. The molecule has 0 amide bonds. The smallest absolute Gasteiger partial charge is 0.313 e. The summed E-state index contributed by atoms with van der Waals surface area (Å²) < 4.78 is 3.44. The van der Waals surface area contributed by atoms with Crippen LogP contribution in [0.15, 0.2) is 128 Å². The van der Waals surface area contributed by atoms with Crippen LogP contribution in [0.5, 0.6) is 0 Å². The summed E-state index contributed by atoms with van der Waals surface area (Å²) in [5.41, 5.74) is 10.2.